The highest BCUT2D eigenvalue weighted by molar-refractivity contribution is 6.13. The Morgan fingerprint density at radius 1 is 1.00 bits per heavy atom. The summed E-state index contributed by atoms with van der Waals surface area (Å²) in [7, 11) is 0. The zero-order chi connectivity index (χ0) is 20.0. The summed E-state index contributed by atoms with van der Waals surface area (Å²) in [5.41, 5.74) is -0.324. The van der Waals surface area contributed by atoms with Crippen molar-refractivity contribution >= 4 is 22.5 Å². The Balaban J connectivity index is 2.00. The quantitative estimate of drug-likeness (QED) is 0.530. The number of rotatable bonds is 4. The minimum atomic E-state index is -1.04. The van der Waals surface area contributed by atoms with E-state index in [-0.39, 0.29) is 40.8 Å². The summed E-state index contributed by atoms with van der Waals surface area (Å²) in [4.78, 5) is 28.0. The number of nitrogens with zero attached hydrogens (tertiary/aromatic N) is 1. The van der Waals surface area contributed by atoms with Crippen LogP contribution in [0.1, 0.15) is 21.5 Å². The Labute approximate surface area is 155 Å². The number of halogens is 3. The first-order valence-corrected chi connectivity index (χ1v) is 8.37. The van der Waals surface area contributed by atoms with Crippen molar-refractivity contribution in [2.24, 2.45) is 0 Å². The van der Waals surface area contributed by atoms with Crippen LogP contribution in [0.3, 0.4) is 0 Å². The summed E-state index contributed by atoms with van der Waals surface area (Å²) < 4.78 is 42.8. The van der Waals surface area contributed by atoms with E-state index < -0.39 is 28.8 Å². The van der Waals surface area contributed by atoms with E-state index in [0.29, 0.717) is 11.6 Å². The predicted octanol–water partition coefficient (Wildman–Crippen LogP) is 2.96. The average Bonchev–Trinajstić information content (AvgIpc) is 3.02. The van der Waals surface area contributed by atoms with Gasteiger partial charge in [-0.15, -0.1) is 0 Å². The number of aliphatic hydroxyl groups is 1. The molecule has 0 radical (unpaired) electrons. The first-order chi connectivity index (χ1) is 13.4. The summed E-state index contributed by atoms with van der Waals surface area (Å²) in [6.07, 6.45) is 0.212. The number of hydrogen-bond acceptors (Lipinski definition) is 3. The van der Waals surface area contributed by atoms with E-state index in [1.165, 1.54) is 12.1 Å². The number of aromatic amines is 1. The van der Waals surface area contributed by atoms with Crippen LogP contribution in [-0.4, -0.2) is 26.9 Å². The lowest BCUT2D eigenvalue weighted by molar-refractivity contribution is 0.103. The van der Waals surface area contributed by atoms with Crippen LogP contribution in [-0.2, 0) is 6.42 Å². The smallest absolute Gasteiger partial charge is 0.256 e. The van der Waals surface area contributed by atoms with Crippen molar-refractivity contribution in [1.29, 1.82) is 0 Å². The largest absolute Gasteiger partial charge is 0.396 e. The van der Waals surface area contributed by atoms with Gasteiger partial charge in [0.2, 0.25) is 0 Å². The second kappa shape index (κ2) is 6.65. The number of carbonyl (C=O) groups is 1. The molecule has 2 N–H and O–H groups in total. The number of carbonyl (C=O) groups excluding carboxylic acids is 1. The molecule has 0 fully saturated rings. The molecule has 0 saturated carbocycles. The topological polar surface area (TPSA) is 74.6 Å². The fourth-order valence-electron chi connectivity index (χ4n) is 3.26. The molecule has 0 amide bonds. The summed E-state index contributed by atoms with van der Waals surface area (Å²) in [6, 6.07) is 7.61. The molecule has 2 aromatic heterocycles. The number of aliphatic hydroxyl groups excluding tert-OH is 1. The number of ketones is 1. The van der Waals surface area contributed by atoms with Crippen LogP contribution in [0.2, 0.25) is 0 Å². The molecule has 0 aliphatic carbocycles. The molecule has 28 heavy (non-hydrogen) atoms. The highest BCUT2D eigenvalue weighted by Gasteiger charge is 2.21. The third-order valence-corrected chi connectivity index (χ3v) is 4.51. The Bertz CT molecular complexity index is 1310. The molecule has 8 heteroatoms. The van der Waals surface area contributed by atoms with Gasteiger partial charge in [0.15, 0.2) is 5.78 Å². The van der Waals surface area contributed by atoms with Crippen molar-refractivity contribution in [3.63, 3.8) is 0 Å². The van der Waals surface area contributed by atoms with Crippen molar-refractivity contribution in [1.82, 2.24) is 9.38 Å². The van der Waals surface area contributed by atoms with Gasteiger partial charge in [-0.25, -0.2) is 13.2 Å². The standard InChI is InChI=1S/C20H13F3N2O3/c21-11-1-2-12(14(22)9-11)19(28)13-3-4-17(27)25-18-15(23)7-10(5-6-26)8-16(18)24-20(13)25/h1-4,7-9,24,26H,5-6H2. The van der Waals surface area contributed by atoms with E-state index in [1.54, 1.807) is 6.07 Å². The molecule has 5 nitrogen and oxygen atoms in total. The fourth-order valence-corrected chi connectivity index (χ4v) is 3.26. The van der Waals surface area contributed by atoms with Crippen molar-refractivity contribution in [2.45, 2.75) is 6.42 Å². The Morgan fingerprint density at radius 3 is 2.46 bits per heavy atom. The molecule has 0 saturated heterocycles. The van der Waals surface area contributed by atoms with Gasteiger partial charge in [-0.1, -0.05) is 0 Å². The first-order valence-electron chi connectivity index (χ1n) is 8.37. The number of fused-ring (bicyclic) bond motifs is 3. The maximum Gasteiger partial charge on any atom is 0.256 e. The van der Waals surface area contributed by atoms with Gasteiger partial charge >= 0.3 is 0 Å². The molecule has 4 rings (SSSR count). The van der Waals surface area contributed by atoms with Crippen molar-refractivity contribution in [2.75, 3.05) is 6.61 Å². The molecule has 142 valence electrons. The van der Waals surface area contributed by atoms with Gasteiger partial charge in [0, 0.05) is 18.7 Å². The van der Waals surface area contributed by atoms with E-state index in [2.05, 4.69) is 4.98 Å². The average molecular weight is 386 g/mol. The number of imidazole rings is 1. The van der Waals surface area contributed by atoms with E-state index in [9.17, 15) is 22.8 Å². The Kier molecular flexibility index (Phi) is 4.27. The predicted molar refractivity (Wildman–Crippen MR) is 96.1 cm³/mol. The third kappa shape index (κ3) is 2.78. The molecule has 2 heterocycles. The number of nitrogens with one attached hydrogen (secondary N) is 1. The second-order valence-corrected chi connectivity index (χ2v) is 6.29. The summed E-state index contributed by atoms with van der Waals surface area (Å²) in [6.45, 7) is -0.182. The van der Waals surface area contributed by atoms with Crippen LogP contribution >= 0.6 is 0 Å². The van der Waals surface area contributed by atoms with Gasteiger partial charge in [0.25, 0.3) is 5.56 Å². The van der Waals surface area contributed by atoms with Gasteiger partial charge in [-0.05, 0) is 42.3 Å². The first kappa shape index (κ1) is 18.0. The monoisotopic (exact) mass is 386 g/mol. The molecule has 0 atom stereocenters. The van der Waals surface area contributed by atoms with Gasteiger partial charge in [0.1, 0.15) is 28.6 Å². The maximum atomic E-state index is 14.6. The van der Waals surface area contributed by atoms with E-state index in [0.717, 1.165) is 22.6 Å². The number of H-pyrrole nitrogens is 1. The van der Waals surface area contributed by atoms with Gasteiger partial charge < -0.3 is 10.1 Å². The van der Waals surface area contributed by atoms with E-state index >= 15 is 0 Å². The summed E-state index contributed by atoms with van der Waals surface area (Å²) in [5.74, 6) is -3.35. The lowest BCUT2D eigenvalue weighted by Gasteiger charge is -2.05. The Morgan fingerprint density at radius 2 is 1.75 bits per heavy atom. The Hall–Kier alpha value is -3.39. The lowest BCUT2D eigenvalue weighted by Crippen LogP contribution is -2.15. The zero-order valence-electron chi connectivity index (χ0n) is 14.3. The highest BCUT2D eigenvalue weighted by atomic mass is 19.1. The van der Waals surface area contributed by atoms with Gasteiger partial charge in [0.05, 0.1) is 16.6 Å². The van der Waals surface area contributed by atoms with Crippen molar-refractivity contribution < 1.29 is 23.1 Å². The van der Waals surface area contributed by atoms with Crippen LogP contribution in [0.15, 0.2) is 47.3 Å². The molecule has 2 aromatic carbocycles. The maximum absolute atomic E-state index is 14.6. The molecule has 4 aromatic rings. The minimum Gasteiger partial charge on any atom is -0.396 e. The van der Waals surface area contributed by atoms with Crippen molar-refractivity contribution in [3.8, 4) is 0 Å². The van der Waals surface area contributed by atoms with Crippen LogP contribution in [0.4, 0.5) is 13.2 Å². The SMILES string of the molecule is O=C(c1ccc(F)cc1F)c1ccc(=O)n2c1[nH]c1cc(CCO)cc(F)c12. The number of hydrogen-bond donors (Lipinski definition) is 2. The van der Waals surface area contributed by atoms with E-state index in [4.69, 9.17) is 5.11 Å². The molecule has 0 aliphatic heterocycles. The molecule has 0 spiro atoms. The molecule has 0 bridgehead atoms. The van der Waals surface area contributed by atoms with Crippen LogP contribution < -0.4 is 5.56 Å². The molecular formula is C20H13F3N2O3. The van der Waals surface area contributed by atoms with Crippen LogP contribution in [0.5, 0.6) is 0 Å². The molecular weight excluding hydrogens is 373 g/mol. The normalized spacial score (nSPS) is 11.4. The highest BCUT2D eigenvalue weighted by Crippen LogP contribution is 2.24. The van der Waals surface area contributed by atoms with Crippen molar-refractivity contribution in [3.05, 3.63) is 87.0 Å². The minimum absolute atomic E-state index is 0.00345. The lowest BCUT2D eigenvalue weighted by atomic mass is 10.0. The fraction of sp³-hybridized carbons (Fsp3) is 0.100. The van der Waals surface area contributed by atoms with Crippen LogP contribution in [0.25, 0.3) is 16.7 Å². The van der Waals surface area contributed by atoms with Gasteiger partial charge in [-0.3, -0.25) is 14.0 Å². The second-order valence-electron chi connectivity index (χ2n) is 6.29. The number of aromatic nitrogens is 2. The van der Waals surface area contributed by atoms with Gasteiger partial charge in [-0.2, -0.15) is 0 Å². The van der Waals surface area contributed by atoms with Crippen LogP contribution in [0, 0.1) is 17.5 Å². The number of benzene rings is 2. The summed E-state index contributed by atoms with van der Waals surface area (Å²) >= 11 is 0. The molecule has 0 aliphatic rings. The molecule has 0 unspecified atom stereocenters. The zero-order valence-corrected chi connectivity index (χ0v) is 14.3. The van der Waals surface area contributed by atoms with E-state index in [1.807, 2.05) is 0 Å². The third-order valence-electron chi connectivity index (χ3n) is 4.51. The summed E-state index contributed by atoms with van der Waals surface area (Å²) in [5, 5.41) is 9.06. The number of pyridine rings is 1.